The molecule has 1 heterocycles. The third-order valence-electron chi connectivity index (χ3n) is 3.06. The van der Waals surface area contributed by atoms with Crippen molar-refractivity contribution in [3.05, 3.63) is 35.4 Å². The van der Waals surface area contributed by atoms with Crippen LogP contribution in [-0.2, 0) is 4.74 Å². The molecule has 0 saturated carbocycles. The summed E-state index contributed by atoms with van der Waals surface area (Å²) in [6.07, 6.45) is 7.50. The number of aliphatic hydroxyl groups is 1. The first-order valence-corrected chi connectivity index (χ1v) is 7.17. The van der Waals surface area contributed by atoms with E-state index in [-0.39, 0.29) is 0 Å². The number of hydrogen-bond acceptors (Lipinski definition) is 4. The number of carbonyl (C=O) groups is 2. The van der Waals surface area contributed by atoms with Crippen LogP contribution >= 0.6 is 0 Å². The number of esters is 2. The van der Waals surface area contributed by atoms with E-state index in [0.29, 0.717) is 17.7 Å². The Morgan fingerprint density at radius 2 is 1.40 bits per heavy atom. The molecule has 0 bridgehead atoms. The van der Waals surface area contributed by atoms with E-state index < -0.39 is 11.9 Å². The van der Waals surface area contributed by atoms with Crippen LogP contribution in [0.25, 0.3) is 0 Å². The van der Waals surface area contributed by atoms with Crippen LogP contribution < -0.4 is 0 Å². The maximum Gasteiger partial charge on any atom is 0.346 e. The lowest BCUT2D eigenvalue weighted by Gasteiger charge is -1.95. The lowest BCUT2D eigenvalue weighted by Crippen LogP contribution is -1.96. The molecule has 4 heteroatoms. The molecule has 1 aromatic carbocycles. The maximum atomic E-state index is 10.8. The summed E-state index contributed by atoms with van der Waals surface area (Å²) in [6.45, 7) is 2.58. The zero-order valence-corrected chi connectivity index (χ0v) is 11.9. The van der Waals surface area contributed by atoms with E-state index in [1.165, 1.54) is 32.1 Å². The van der Waals surface area contributed by atoms with Gasteiger partial charge in [-0.25, -0.2) is 9.59 Å². The highest BCUT2D eigenvalue weighted by Gasteiger charge is 2.28. The van der Waals surface area contributed by atoms with E-state index >= 15 is 0 Å². The lowest BCUT2D eigenvalue weighted by molar-refractivity contribution is 0.0444. The van der Waals surface area contributed by atoms with Gasteiger partial charge in [-0.15, -0.1) is 0 Å². The van der Waals surface area contributed by atoms with Gasteiger partial charge in [0.2, 0.25) is 0 Å². The zero-order chi connectivity index (χ0) is 14.8. The highest BCUT2D eigenvalue weighted by atomic mass is 16.6. The molecule has 0 aliphatic carbocycles. The summed E-state index contributed by atoms with van der Waals surface area (Å²) in [5.74, 6) is -1.10. The van der Waals surface area contributed by atoms with Crippen LogP contribution in [0.4, 0.5) is 0 Å². The second-order valence-corrected chi connectivity index (χ2v) is 4.71. The van der Waals surface area contributed by atoms with E-state index in [0.717, 1.165) is 6.42 Å². The molecule has 0 spiro atoms. The molecule has 1 aliphatic rings. The Bertz CT molecular complexity index is 401. The van der Waals surface area contributed by atoms with Gasteiger partial charge in [0.25, 0.3) is 0 Å². The van der Waals surface area contributed by atoms with Crippen LogP contribution in [0.5, 0.6) is 0 Å². The van der Waals surface area contributed by atoms with Gasteiger partial charge in [0, 0.05) is 6.61 Å². The predicted octanol–water partition coefficient (Wildman–Crippen LogP) is 3.34. The predicted molar refractivity (Wildman–Crippen MR) is 76.6 cm³/mol. The van der Waals surface area contributed by atoms with Crippen LogP contribution in [0, 0.1) is 0 Å². The Morgan fingerprint density at radius 1 is 0.900 bits per heavy atom. The van der Waals surface area contributed by atoms with Gasteiger partial charge in [-0.3, -0.25) is 0 Å². The molecule has 0 unspecified atom stereocenters. The number of aliphatic hydroxyl groups excluding tert-OH is 1. The molecule has 0 fully saturated rings. The standard InChI is InChI=1S/C8H4O3.C8H18O/c9-7-5-3-1-2-4-6(5)8(10)11-7;1-2-3-4-5-6-7-8-9/h1-4H;9H,2-8H2,1H3. The number of rotatable bonds is 6. The Morgan fingerprint density at radius 3 is 1.90 bits per heavy atom. The largest absolute Gasteiger partial charge is 0.396 e. The monoisotopic (exact) mass is 278 g/mol. The molecule has 0 saturated heterocycles. The smallest absolute Gasteiger partial charge is 0.346 e. The van der Waals surface area contributed by atoms with Gasteiger partial charge in [-0.2, -0.15) is 0 Å². The van der Waals surface area contributed by atoms with Crippen molar-refractivity contribution in [3.8, 4) is 0 Å². The first kappa shape index (κ1) is 16.4. The number of cyclic esters (lactones) is 2. The molecule has 0 amide bonds. The number of ether oxygens (including phenoxy) is 1. The van der Waals surface area contributed by atoms with Crippen molar-refractivity contribution in [2.24, 2.45) is 0 Å². The topological polar surface area (TPSA) is 63.6 Å². The van der Waals surface area contributed by atoms with Crippen molar-refractivity contribution in [1.82, 2.24) is 0 Å². The first-order chi connectivity index (χ1) is 9.70. The van der Waals surface area contributed by atoms with E-state index in [1.807, 2.05) is 0 Å². The molecule has 2 rings (SSSR count). The van der Waals surface area contributed by atoms with Crippen molar-refractivity contribution in [2.75, 3.05) is 6.61 Å². The van der Waals surface area contributed by atoms with Crippen LogP contribution in [0.1, 0.15) is 66.2 Å². The van der Waals surface area contributed by atoms with Crippen LogP contribution in [0.2, 0.25) is 0 Å². The lowest BCUT2D eigenvalue weighted by atomic mass is 10.1. The summed E-state index contributed by atoms with van der Waals surface area (Å²) in [5, 5.41) is 8.42. The van der Waals surface area contributed by atoms with Gasteiger partial charge in [0.05, 0.1) is 11.1 Å². The Kier molecular flexibility index (Phi) is 7.58. The second kappa shape index (κ2) is 9.26. The summed E-state index contributed by atoms with van der Waals surface area (Å²) in [4.78, 5) is 21.7. The second-order valence-electron chi connectivity index (χ2n) is 4.71. The van der Waals surface area contributed by atoms with Crippen LogP contribution in [-0.4, -0.2) is 23.7 Å². The quantitative estimate of drug-likeness (QED) is 0.492. The fraction of sp³-hybridized carbons (Fsp3) is 0.500. The van der Waals surface area contributed by atoms with Gasteiger partial charge in [-0.1, -0.05) is 51.2 Å². The van der Waals surface area contributed by atoms with Crippen molar-refractivity contribution in [2.45, 2.75) is 45.4 Å². The van der Waals surface area contributed by atoms with Crippen LogP contribution in [0.3, 0.4) is 0 Å². The molecule has 0 atom stereocenters. The molecule has 110 valence electrons. The minimum Gasteiger partial charge on any atom is -0.396 e. The summed E-state index contributed by atoms with van der Waals surface area (Å²) >= 11 is 0. The number of benzene rings is 1. The third kappa shape index (κ3) is 5.13. The highest BCUT2D eigenvalue weighted by molar-refractivity contribution is 6.14. The minimum atomic E-state index is -0.550. The van der Waals surface area contributed by atoms with E-state index in [4.69, 9.17) is 5.11 Å². The fourth-order valence-corrected chi connectivity index (χ4v) is 1.93. The molecule has 4 nitrogen and oxygen atoms in total. The molecule has 1 N–H and O–H groups in total. The molecule has 0 radical (unpaired) electrons. The molecule has 0 aromatic heterocycles. The van der Waals surface area contributed by atoms with Gasteiger partial charge >= 0.3 is 11.9 Å². The SMILES string of the molecule is CCCCCCCCO.O=C1OC(=O)c2ccccc21. The summed E-state index contributed by atoms with van der Waals surface area (Å²) in [6, 6.07) is 6.53. The van der Waals surface area contributed by atoms with E-state index in [1.54, 1.807) is 24.3 Å². The summed E-state index contributed by atoms with van der Waals surface area (Å²) in [7, 11) is 0. The fourth-order valence-electron chi connectivity index (χ4n) is 1.93. The number of fused-ring (bicyclic) bond motifs is 1. The molecular weight excluding hydrogens is 256 g/mol. The Hall–Kier alpha value is -1.68. The van der Waals surface area contributed by atoms with Crippen molar-refractivity contribution >= 4 is 11.9 Å². The van der Waals surface area contributed by atoms with Gasteiger partial charge < -0.3 is 9.84 Å². The van der Waals surface area contributed by atoms with Crippen molar-refractivity contribution < 1.29 is 19.4 Å². The van der Waals surface area contributed by atoms with E-state index in [9.17, 15) is 9.59 Å². The van der Waals surface area contributed by atoms with Gasteiger partial charge in [0.1, 0.15) is 0 Å². The average Bonchev–Trinajstić information content (AvgIpc) is 2.75. The van der Waals surface area contributed by atoms with E-state index in [2.05, 4.69) is 11.7 Å². The minimum absolute atomic E-state index is 0.359. The summed E-state index contributed by atoms with van der Waals surface area (Å²) in [5.41, 5.74) is 0.718. The number of unbranched alkanes of at least 4 members (excludes halogenated alkanes) is 5. The van der Waals surface area contributed by atoms with Gasteiger partial charge in [0.15, 0.2) is 0 Å². The van der Waals surface area contributed by atoms with Crippen LogP contribution in [0.15, 0.2) is 24.3 Å². The number of hydrogen-bond donors (Lipinski definition) is 1. The first-order valence-electron chi connectivity index (χ1n) is 7.17. The maximum absolute atomic E-state index is 10.8. The molecule has 1 aliphatic heterocycles. The Labute approximate surface area is 119 Å². The van der Waals surface area contributed by atoms with Crippen molar-refractivity contribution in [3.63, 3.8) is 0 Å². The normalized spacial score (nSPS) is 12.5. The van der Waals surface area contributed by atoms with Crippen molar-refractivity contribution in [1.29, 1.82) is 0 Å². The summed E-state index contributed by atoms with van der Waals surface area (Å²) < 4.78 is 4.35. The number of carbonyl (C=O) groups excluding carboxylic acids is 2. The molecule has 20 heavy (non-hydrogen) atoms. The highest BCUT2D eigenvalue weighted by Crippen LogP contribution is 2.18. The Balaban J connectivity index is 0.000000206. The zero-order valence-electron chi connectivity index (χ0n) is 11.9. The average molecular weight is 278 g/mol. The third-order valence-corrected chi connectivity index (χ3v) is 3.06. The molecule has 1 aromatic rings. The molecular formula is C16H22O4. The van der Waals surface area contributed by atoms with Gasteiger partial charge in [-0.05, 0) is 18.6 Å².